The van der Waals surface area contributed by atoms with Crippen LogP contribution in [0.5, 0.6) is 0 Å². The van der Waals surface area contributed by atoms with Crippen molar-refractivity contribution in [2.75, 3.05) is 0 Å². The minimum atomic E-state index is 0.227. The van der Waals surface area contributed by atoms with Gasteiger partial charge in [0.1, 0.15) is 0 Å². The largest absolute Gasteiger partial charge is 0.308 e. The first kappa shape index (κ1) is 14.0. The average molecular weight is 278 g/mol. The molecule has 1 N–H and O–H groups in total. The van der Waals surface area contributed by atoms with Crippen LogP contribution in [0, 0.1) is 5.92 Å². The number of hydrogen-bond acceptors (Lipinski definition) is 1. The fourth-order valence-electron chi connectivity index (χ4n) is 3.47. The molecule has 3 heteroatoms. The highest BCUT2D eigenvalue weighted by atomic mass is 35.5. The van der Waals surface area contributed by atoms with Crippen molar-refractivity contribution in [3.63, 3.8) is 0 Å². The van der Waals surface area contributed by atoms with E-state index in [1.54, 1.807) is 0 Å². The maximum atomic E-state index is 6.44. The van der Waals surface area contributed by atoms with Crippen LogP contribution in [0.15, 0.2) is 0 Å². The minimum absolute atomic E-state index is 0.227. The summed E-state index contributed by atoms with van der Waals surface area (Å²) < 4.78 is 0. The van der Waals surface area contributed by atoms with Crippen LogP contribution in [0.2, 0.25) is 0 Å². The third kappa shape index (κ3) is 3.52. The topological polar surface area (TPSA) is 12.0 Å². The Labute approximate surface area is 116 Å². The first-order valence-corrected chi connectivity index (χ1v) is 8.14. The van der Waals surface area contributed by atoms with Crippen molar-refractivity contribution < 1.29 is 0 Å². The lowest BCUT2D eigenvalue weighted by molar-refractivity contribution is 0.221. The van der Waals surface area contributed by atoms with Gasteiger partial charge in [0.2, 0.25) is 0 Å². The van der Waals surface area contributed by atoms with E-state index >= 15 is 0 Å². The van der Waals surface area contributed by atoms with E-state index in [0.29, 0.717) is 12.1 Å². The lowest BCUT2D eigenvalue weighted by atomic mass is 9.81. The van der Waals surface area contributed by atoms with Gasteiger partial charge in [-0.2, -0.15) is 0 Å². The van der Waals surface area contributed by atoms with E-state index in [1.165, 1.54) is 38.5 Å². The number of alkyl halides is 2. The van der Waals surface area contributed by atoms with Crippen molar-refractivity contribution in [1.82, 2.24) is 5.32 Å². The van der Waals surface area contributed by atoms with Crippen molar-refractivity contribution in [1.29, 1.82) is 0 Å². The molecular formula is C14H25Cl2N. The molecule has 0 radical (unpaired) electrons. The zero-order chi connectivity index (χ0) is 12.3. The Morgan fingerprint density at radius 2 is 1.59 bits per heavy atom. The van der Waals surface area contributed by atoms with E-state index in [2.05, 4.69) is 12.2 Å². The maximum absolute atomic E-state index is 6.44. The second kappa shape index (κ2) is 6.63. The molecule has 100 valence electrons. The summed E-state index contributed by atoms with van der Waals surface area (Å²) >= 11 is 12.9. The molecule has 2 aliphatic rings. The summed E-state index contributed by atoms with van der Waals surface area (Å²) in [7, 11) is 0. The highest BCUT2D eigenvalue weighted by Gasteiger charge is 2.34. The van der Waals surface area contributed by atoms with Crippen molar-refractivity contribution in [3.05, 3.63) is 0 Å². The summed E-state index contributed by atoms with van der Waals surface area (Å²) in [5, 5.41) is 4.25. The normalized spacial score (nSPS) is 43.6. The third-order valence-corrected chi connectivity index (χ3v) is 5.56. The molecule has 2 aliphatic carbocycles. The Balaban J connectivity index is 1.93. The summed E-state index contributed by atoms with van der Waals surface area (Å²) in [6.07, 6.45) is 10.1. The Bertz CT molecular complexity index is 224. The van der Waals surface area contributed by atoms with E-state index in [0.717, 1.165) is 18.8 Å². The van der Waals surface area contributed by atoms with E-state index in [1.807, 2.05) is 0 Å². The van der Waals surface area contributed by atoms with Crippen molar-refractivity contribution in [2.45, 2.75) is 81.1 Å². The third-order valence-electron chi connectivity index (χ3n) is 4.58. The van der Waals surface area contributed by atoms with Gasteiger partial charge in [-0.25, -0.2) is 0 Å². The van der Waals surface area contributed by atoms with Gasteiger partial charge in [-0.3, -0.25) is 0 Å². The molecule has 1 nitrogen and oxygen atoms in total. The highest BCUT2D eigenvalue weighted by Crippen LogP contribution is 2.32. The Hall–Kier alpha value is 0.540. The van der Waals surface area contributed by atoms with E-state index in [9.17, 15) is 0 Å². The van der Waals surface area contributed by atoms with Gasteiger partial charge in [0, 0.05) is 12.1 Å². The highest BCUT2D eigenvalue weighted by molar-refractivity contribution is 6.24. The van der Waals surface area contributed by atoms with Crippen LogP contribution >= 0.6 is 23.2 Å². The van der Waals surface area contributed by atoms with Gasteiger partial charge >= 0.3 is 0 Å². The van der Waals surface area contributed by atoms with Crippen LogP contribution in [-0.2, 0) is 0 Å². The molecule has 0 heterocycles. The maximum Gasteiger partial charge on any atom is 0.0503 e. The van der Waals surface area contributed by atoms with Crippen molar-refractivity contribution in [2.24, 2.45) is 5.92 Å². The molecule has 0 spiro atoms. The number of rotatable bonds is 3. The van der Waals surface area contributed by atoms with Crippen LogP contribution in [0.1, 0.15) is 58.3 Å². The molecule has 0 aromatic rings. The molecule has 4 unspecified atom stereocenters. The average Bonchev–Trinajstić information content (AvgIpc) is 2.34. The lowest BCUT2D eigenvalue weighted by Crippen LogP contribution is -2.53. The smallest absolute Gasteiger partial charge is 0.0503 e. The summed E-state index contributed by atoms with van der Waals surface area (Å²) in [6, 6.07) is 0.976. The van der Waals surface area contributed by atoms with Crippen LogP contribution in [0.4, 0.5) is 0 Å². The van der Waals surface area contributed by atoms with Crippen molar-refractivity contribution in [3.8, 4) is 0 Å². The number of hydrogen-bond donors (Lipinski definition) is 1. The zero-order valence-corrected chi connectivity index (χ0v) is 12.3. The van der Waals surface area contributed by atoms with Crippen LogP contribution in [-0.4, -0.2) is 22.8 Å². The number of nitrogens with one attached hydrogen (secondary N) is 1. The lowest BCUT2D eigenvalue weighted by Gasteiger charge is -2.39. The van der Waals surface area contributed by atoms with Gasteiger partial charge in [0.05, 0.1) is 10.8 Å². The monoisotopic (exact) mass is 277 g/mol. The first-order valence-electron chi connectivity index (χ1n) is 7.26. The molecule has 0 aromatic heterocycles. The minimum Gasteiger partial charge on any atom is -0.308 e. The fourth-order valence-corrected chi connectivity index (χ4v) is 4.35. The van der Waals surface area contributed by atoms with Crippen molar-refractivity contribution >= 4 is 23.2 Å². The molecule has 0 saturated heterocycles. The molecule has 0 aromatic carbocycles. The molecule has 2 saturated carbocycles. The second-order valence-corrected chi connectivity index (χ2v) is 6.84. The quantitative estimate of drug-likeness (QED) is 0.758. The fraction of sp³-hybridized carbons (Fsp3) is 1.00. The predicted molar refractivity (Wildman–Crippen MR) is 76.1 cm³/mol. The Morgan fingerprint density at radius 1 is 0.941 bits per heavy atom. The van der Waals surface area contributed by atoms with Gasteiger partial charge in [-0.05, 0) is 31.6 Å². The zero-order valence-electron chi connectivity index (χ0n) is 10.8. The molecule has 0 bridgehead atoms. The summed E-state index contributed by atoms with van der Waals surface area (Å²) in [5.74, 6) is 0.832. The molecule has 2 rings (SSSR count). The van der Waals surface area contributed by atoms with E-state index in [4.69, 9.17) is 23.2 Å². The first-order chi connectivity index (χ1) is 8.22. The van der Waals surface area contributed by atoms with Crippen LogP contribution in [0.25, 0.3) is 0 Å². The van der Waals surface area contributed by atoms with Gasteiger partial charge in [0.25, 0.3) is 0 Å². The predicted octanol–water partition coefficient (Wildman–Crippen LogP) is 4.31. The molecule has 17 heavy (non-hydrogen) atoms. The van der Waals surface area contributed by atoms with E-state index in [-0.39, 0.29) is 10.8 Å². The summed E-state index contributed by atoms with van der Waals surface area (Å²) in [6.45, 7) is 2.31. The van der Waals surface area contributed by atoms with Gasteiger partial charge in [-0.1, -0.05) is 32.6 Å². The second-order valence-electron chi connectivity index (χ2n) is 5.71. The molecule has 0 amide bonds. The Morgan fingerprint density at radius 3 is 2.24 bits per heavy atom. The van der Waals surface area contributed by atoms with Gasteiger partial charge in [-0.15, -0.1) is 23.2 Å². The number of halogens is 2. The SMILES string of the molecule is CCC1CCCCC1NC1C(Cl)CCCC1Cl. The molecule has 2 fully saturated rings. The van der Waals surface area contributed by atoms with Gasteiger partial charge < -0.3 is 5.32 Å². The Kier molecular flexibility index (Phi) is 5.45. The van der Waals surface area contributed by atoms with Crippen LogP contribution in [0.3, 0.4) is 0 Å². The standard InChI is InChI=1S/C14H25Cl2N/c1-2-10-6-3-4-9-13(10)17-14-11(15)7-5-8-12(14)16/h10-14,17H,2-9H2,1H3. The van der Waals surface area contributed by atoms with Crippen LogP contribution < -0.4 is 5.32 Å². The summed E-state index contributed by atoms with van der Waals surface area (Å²) in [4.78, 5) is 0. The molecule has 0 aliphatic heterocycles. The summed E-state index contributed by atoms with van der Waals surface area (Å²) in [5.41, 5.74) is 0. The van der Waals surface area contributed by atoms with Gasteiger partial charge in [0.15, 0.2) is 0 Å². The van der Waals surface area contributed by atoms with E-state index < -0.39 is 0 Å². The molecule has 4 atom stereocenters. The molecular weight excluding hydrogens is 253 g/mol.